The molecule has 42 valence electrons. The molecule has 0 aliphatic heterocycles. The Morgan fingerprint density at radius 1 is 1.12 bits per heavy atom. The van der Waals surface area contributed by atoms with Crippen molar-refractivity contribution in [3.63, 3.8) is 0 Å². The first-order valence-corrected chi connectivity index (χ1v) is 2.04. The smallest absolute Gasteiger partial charge is 0.123 e. The summed E-state index contributed by atoms with van der Waals surface area (Å²) in [5.74, 6) is -1.74. The van der Waals surface area contributed by atoms with E-state index in [1.807, 2.05) is 0 Å². The zero-order chi connectivity index (χ0) is 7.72. The average molecular weight is 118 g/mol. The molecule has 0 unspecified atom stereocenters. The van der Waals surface area contributed by atoms with Gasteiger partial charge in [0.2, 0.25) is 0 Å². The molecule has 2 heteroatoms. The van der Waals surface area contributed by atoms with Crippen molar-refractivity contribution in [3.05, 3.63) is 35.9 Å². The molecule has 0 heterocycles. The lowest BCUT2D eigenvalue weighted by molar-refractivity contribution is 0.600. The van der Waals surface area contributed by atoms with Gasteiger partial charge in [0, 0.05) is 0 Å². The molecule has 0 saturated heterocycles. The molecule has 1 aromatic carbocycles. The van der Waals surface area contributed by atoms with E-state index in [0.29, 0.717) is 0 Å². The van der Waals surface area contributed by atoms with Gasteiger partial charge in [0.25, 0.3) is 0 Å². The van der Waals surface area contributed by atoms with Crippen LogP contribution in [0.1, 0.15) is 2.74 Å². The summed E-state index contributed by atoms with van der Waals surface area (Å²) < 4.78 is 38.1. The van der Waals surface area contributed by atoms with Crippen LogP contribution in [0.4, 0.5) is 8.78 Å². The van der Waals surface area contributed by atoms with Crippen molar-refractivity contribution in [2.45, 2.75) is 0 Å². The summed E-state index contributed by atoms with van der Waals surface area (Å²) in [6.07, 6.45) is 0. The molecule has 0 aromatic heterocycles. The largest absolute Gasteiger partial charge is 0.207 e. The minimum absolute atomic E-state index is 0.694. The van der Waals surface area contributed by atoms with Gasteiger partial charge in [0.15, 0.2) is 0 Å². The summed E-state index contributed by atoms with van der Waals surface area (Å²) in [7, 11) is 0. The predicted octanol–water partition coefficient (Wildman–Crippen LogP) is 1.96. The van der Waals surface area contributed by atoms with Crippen LogP contribution >= 0.6 is 0 Å². The molecule has 8 heavy (non-hydrogen) atoms. The van der Waals surface area contributed by atoms with Gasteiger partial charge in [0.1, 0.15) is 11.6 Å². The Morgan fingerprint density at radius 3 is 1.88 bits per heavy atom. The maximum Gasteiger partial charge on any atom is 0.123 e. The molecule has 0 fully saturated rings. The van der Waals surface area contributed by atoms with Gasteiger partial charge in [-0.2, -0.15) is 0 Å². The Morgan fingerprint density at radius 2 is 1.50 bits per heavy atom. The van der Waals surface area contributed by atoms with Crippen LogP contribution in [-0.2, 0) is 0 Å². The Balaban J connectivity index is 3.34. The molecule has 0 spiro atoms. The van der Waals surface area contributed by atoms with Gasteiger partial charge in [-0.1, -0.05) is 0 Å². The Labute approximate surface area is 48.6 Å². The van der Waals surface area contributed by atoms with Crippen molar-refractivity contribution in [1.29, 1.82) is 0 Å². The lowest BCUT2D eigenvalue weighted by Gasteiger charge is -1.83. The van der Waals surface area contributed by atoms with Gasteiger partial charge in [-0.3, -0.25) is 0 Å². The highest BCUT2D eigenvalue weighted by molar-refractivity contribution is 5.04. The number of benzene rings is 1. The van der Waals surface area contributed by atoms with Gasteiger partial charge in [-0.15, -0.1) is 0 Å². The van der Waals surface area contributed by atoms with E-state index in [9.17, 15) is 8.78 Å². The first-order chi connectivity index (χ1) is 4.63. The summed E-state index contributed by atoms with van der Waals surface area (Å²) in [5, 5.41) is 0. The number of rotatable bonds is 0. The molecule has 0 aliphatic carbocycles. The van der Waals surface area contributed by atoms with E-state index in [1.54, 1.807) is 0 Å². The third kappa shape index (κ3) is 1.03. The van der Waals surface area contributed by atoms with E-state index in [1.165, 1.54) is 0 Å². The average Bonchev–Trinajstić information content (AvgIpc) is 1.93. The highest BCUT2D eigenvalue weighted by Crippen LogP contribution is 1.98. The van der Waals surface area contributed by atoms with Crippen LogP contribution in [0.15, 0.2) is 24.2 Å². The molecule has 0 nitrogen and oxygen atoms in total. The van der Waals surface area contributed by atoms with Gasteiger partial charge in [0.05, 0.1) is 2.74 Å². The first-order valence-electron chi connectivity index (χ1n) is 3.04. The van der Waals surface area contributed by atoms with Crippen molar-refractivity contribution in [2.75, 3.05) is 0 Å². The van der Waals surface area contributed by atoms with E-state index in [2.05, 4.69) is 0 Å². The normalized spacial score (nSPS) is 12.8. The van der Waals surface area contributed by atoms with Crippen LogP contribution in [0.2, 0.25) is 0 Å². The highest BCUT2D eigenvalue weighted by atomic mass is 19.1. The van der Waals surface area contributed by atoms with Crippen LogP contribution in [0, 0.1) is 11.6 Å². The third-order valence-electron chi connectivity index (χ3n) is 0.677. The maximum absolute atomic E-state index is 12.3. The van der Waals surface area contributed by atoms with E-state index in [0.717, 1.165) is 12.1 Å². The van der Waals surface area contributed by atoms with E-state index in [4.69, 9.17) is 2.74 Å². The quantitative estimate of drug-likeness (QED) is 0.488. The zero-order valence-corrected chi connectivity index (χ0v) is 3.91. The van der Waals surface area contributed by atoms with Crippen molar-refractivity contribution in [2.24, 2.45) is 0 Å². The zero-order valence-electron chi connectivity index (χ0n) is 5.91. The molecule has 0 atom stereocenters. The van der Waals surface area contributed by atoms with Gasteiger partial charge < -0.3 is 0 Å². The first kappa shape index (κ1) is 3.17. The fourth-order valence-corrected chi connectivity index (χ4v) is 0.349. The maximum atomic E-state index is 12.3. The molecule has 0 amide bonds. The Bertz CT molecular complexity index is 233. The number of halogens is 2. The lowest BCUT2D eigenvalue weighted by atomic mass is 10.3. The molecule has 1 aromatic rings. The van der Waals surface area contributed by atoms with Crippen LogP contribution in [0.5, 0.6) is 0 Å². The van der Waals surface area contributed by atoms with Crippen LogP contribution in [0.25, 0.3) is 0 Å². The minimum Gasteiger partial charge on any atom is -0.207 e. The molecule has 0 saturated carbocycles. The third-order valence-corrected chi connectivity index (χ3v) is 0.677. The Hall–Kier alpha value is -0.920. The van der Waals surface area contributed by atoms with Crippen LogP contribution < -0.4 is 0 Å². The molecule has 0 bridgehead atoms. The molecule has 0 radical (unpaired) electrons. The summed E-state index contributed by atoms with van der Waals surface area (Å²) in [4.78, 5) is 0. The number of hydrogen-bond acceptors (Lipinski definition) is 0. The Kier molecular flexibility index (Phi) is 0.755. The van der Waals surface area contributed by atoms with Crippen LogP contribution in [0.3, 0.4) is 0 Å². The SMILES string of the molecule is [3H]c1c(F)ccc(F)c1[3H]. The molecule has 0 aliphatic rings. The molecule has 0 N–H and O–H groups in total. The van der Waals surface area contributed by atoms with E-state index >= 15 is 0 Å². The molecular weight excluding hydrogens is 110 g/mol. The highest BCUT2D eigenvalue weighted by Gasteiger charge is 1.86. The summed E-state index contributed by atoms with van der Waals surface area (Å²) in [6, 6.07) is 0.269. The fourth-order valence-electron chi connectivity index (χ4n) is 0.349. The number of hydrogen-bond donors (Lipinski definition) is 0. The van der Waals surface area contributed by atoms with Gasteiger partial charge in [-0.25, -0.2) is 8.78 Å². The second kappa shape index (κ2) is 1.90. The van der Waals surface area contributed by atoms with Crippen LogP contribution in [-0.4, -0.2) is 0 Å². The summed E-state index contributed by atoms with van der Waals surface area (Å²) in [5.41, 5.74) is 0. The van der Waals surface area contributed by atoms with Gasteiger partial charge in [-0.05, 0) is 24.2 Å². The molecule has 1 rings (SSSR count). The summed E-state index contributed by atoms with van der Waals surface area (Å²) >= 11 is 0. The van der Waals surface area contributed by atoms with Crippen molar-refractivity contribution in [3.8, 4) is 0 Å². The topological polar surface area (TPSA) is 0 Å². The fraction of sp³-hybridized carbons (Fsp3) is 0. The second-order valence-electron chi connectivity index (χ2n) is 1.28. The standard InChI is InChI=1S/C6H4F2/c7-5-1-2-6(8)4-3-5/h1-4H/i1T,2T. The summed E-state index contributed by atoms with van der Waals surface area (Å²) in [6.45, 7) is 0. The van der Waals surface area contributed by atoms with E-state index in [-0.39, 0.29) is 0 Å². The monoisotopic (exact) mass is 118 g/mol. The lowest BCUT2D eigenvalue weighted by Crippen LogP contribution is -1.72. The second-order valence-corrected chi connectivity index (χ2v) is 1.28. The molecular formula is C6H4F2. The van der Waals surface area contributed by atoms with E-state index < -0.39 is 23.7 Å². The minimum atomic E-state index is -0.869. The van der Waals surface area contributed by atoms with Crippen molar-refractivity contribution < 1.29 is 11.5 Å². The predicted molar refractivity (Wildman–Crippen MR) is 26.4 cm³/mol. The van der Waals surface area contributed by atoms with Gasteiger partial charge >= 0.3 is 0 Å². The van der Waals surface area contributed by atoms with Crippen molar-refractivity contribution >= 4 is 0 Å². The van der Waals surface area contributed by atoms with Crippen molar-refractivity contribution in [1.82, 2.24) is 0 Å².